The van der Waals surface area contributed by atoms with Crippen LogP contribution in [0.5, 0.6) is 11.5 Å². The number of nitrogens with one attached hydrogen (secondary N) is 1. The molecule has 0 aliphatic carbocycles. The quantitative estimate of drug-likeness (QED) is 0.683. The second-order valence-corrected chi connectivity index (χ2v) is 6.29. The first kappa shape index (κ1) is 17.8. The third kappa shape index (κ3) is 3.75. The van der Waals surface area contributed by atoms with Gasteiger partial charge in [0.1, 0.15) is 18.9 Å². The van der Waals surface area contributed by atoms with Crippen LogP contribution in [0, 0.1) is 0 Å². The molecule has 0 radical (unpaired) electrons. The molecule has 1 aromatic carbocycles. The maximum absolute atomic E-state index is 12.0. The van der Waals surface area contributed by atoms with E-state index in [1.807, 2.05) is 34.9 Å². The van der Waals surface area contributed by atoms with Gasteiger partial charge >= 0.3 is 5.97 Å². The van der Waals surface area contributed by atoms with Crippen LogP contribution in [0.1, 0.15) is 12.8 Å². The number of amides is 1. The van der Waals surface area contributed by atoms with Crippen LogP contribution in [0.4, 0.5) is 5.69 Å². The largest absolute Gasteiger partial charge is 0.486 e. The number of rotatable bonds is 5. The molecule has 8 heteroatoms. The lowest BCUT2D eigenvalue weighted by molar-refractivity contribution is -0.141. The number of pyridine rings is 1. The van der Waals surface area contributed by atoms with Crippen molar-refractivity contribution in [1.29, 1.82) is 0 Å². The normalized spacial score (nSPS) is 12.6. The first-order valence-corrected chi connectivity index (χ1v) is 8.88. The van der Waals surface area contributed by atoms with Gasteiger partial charge in [0.05, 0.1) is 24.9 Å². The Morgan fingerprint density at radius 1 is 1.11 bits per heavy atom. The van der Waals surface area contributed by atoms with Crippen molar-refractivity contribution in [2.75, 3.05) is 25.6 Å². The van der Waals surface area contributed by atoms with Crippen LogP contribution in [-0.2, 0) is 14.3 Å². The summed E-state index contributed by atoms with van der Waals surface area (Å²) in [7, 11) is 1.30. The van der Waals surface area contributed by atoms with Gasteiger partial charge < -0.3 is 23.9 Å². The highest BCUT2D eigenvalue weighted by atomic mass is 16.6. The van der Waals surface area contributed by atoms with E-state index in [0.717, 1.165) is 22.7 Å². The minimum atomic E-state index is -0.413. The molecule has 28 heavy (non-hydrogen) atoms. The Morgan fingerprint density at radius 3 is 2.75 bits per heavy atom. The Morgan fingerprint density at radius 2 is 1.93 bits per heavy atom. The Hall–Kier alpha value is -3.55. The number of aromatic nitrogens is 2. The second kappa shape index (κ2) is 7.59. The van der Waals surface area contributed by atoms with Crippen molar-refractivity contribution in [2.24, 2.45) is 0 Å². The number of esters is 1. The number of fused-ring (bicyclic) bond motifs is 2. The van der Waals surface area contributed by atoms with Crippen molar-refractivity contribution in [2.45, 2.75) is 12.8 Å². The number of imidazole rings is 1. The Kier molecular flexibility index (Phi) is 4.84. The van der Waals surface area contributed by atoms with E-state index >= 15 is 0 Å². The molecule has 0 spiro atoms. The molecule has 3 aromatic rings. The van der Waals surface area contributed by atoms with Crippen molar-refractivity contribution in [3.05, 3.63) is 42.7 Å². The molecule has 0 fully saturated rings. The summed E-state index contributed by atoms with van der Waals surface area (Å²) in [5.74, 6) is 0.774. The van der Waals surface area contributed by atoms with Crippen LogP contribution in [0.15, 0.2) is 42.7 Å². The summed E-state index contributed by atoms with van der Waals surface area (Å²) in [5.41, 5.74) is 3.06. The van der Waals surface area contributed by atoms with Crippen molar-refractivity contribution in [3.8, 4) is 22.8 Å². The predicted molar refractivity (Wildman–Crippen MR) is 101 cm³/mol. The van der Waals surface area contributed by atoms with Crippen molar-refractivity contribution < 1.29 is 23.8 Å². The monoisotopic (exact) mass is 381 g/mol. The molecule has 0 saturated carbocycles. The molecule has 1 aliphatic rings. The number of nitrogens with zero attached hydrogens (tertiary/aromatic N) is 2. The van der Waals surface area contributed by atoms with Crippen molar-refractivity contribution in [3.63, 3.8) is 0 Å². The molecule has 1 amide bonds. The zero-order valence-electron chi connectivity index (χ0n) is 15.3. The van der Waals surface area contributed by atoms with E-state index in [-0.39, 0.29) is 18.7 Å². The van der Waals surface area contributed by atoms with Gasteiger partial charge in [0.25, 0.3) is 0 Å². The summed E-state index contributed by atoms with van der Waals surface area (Å²) in [5, 5.41) is 2.77. The number of methoxy groups -OCH3 is 1. The third-order valence-corrected chi connectivity index (χ3v) is 4.36. The lowest BCUT2D eigenvalue weighted by atomic mass is 10.1. The smallest absolute Gasteiger partial charge is 0.306 e. The first-order chi connectivity index (χ1) is 13.6. The molecular weight excluding hydrogens is 362 g/mol. The molecule has 2 aromatic heterocycles. The van der Waals surface area contributed by atoms with Crippen LogP contribution in [-0.4, -0.2) is 41.6 Å². The van der Waals surface area contributed by atoms with Crippen LogP contribution in [0.3, 0.4) is 0 Å². The number of carbonyl (C=O) groups excluding carboxylic acids is 2. The topological polar surface area (TPSA) is 91.2 Å². The summed E-state index contributed by atoms with van der Waals surface area (Å²) in [6, 6.07) is 9.31. The van der Waals surface area contributed by atoms with E-state index in [0.29, 0.717) is 24.7 Å². The summed E-state index contributed by atoms with van der Waals surface area (Å²) in [6.45, 7) is 1.08. The average molecular weight is 381 g/mol. The van der Waals surface area contributed by atoms with Gasteiger partial charge in [-0.1, -0.05) is 0 Å². The van der Waals surface area contributed by atoms with E-state index < -0.39 is 5.97 Å². The molecule has 0 saturated heterocycles. The maximum Gasteiger partial charge on any atom is 0.306 e. The second-order valence-electron chi connectivity index (χ2n) is 6.29. The van der Waals surface area contributed by atoms with Gasteiger partial charge in [0.15, 0.2) is 11.5 Å². The van der Waals surface area contributed by atoms with E-state index in [1.54, 1.807) is 12.3 Å². The summed E-state index contributed by atoms with van der Waals surface area (Å²) < 4.78 is 17.6. The van der Waals surface area contributed by atoms with Crippen LogP contribution in [0.2, 0.25) is 0 Å². The molecule has 1 N–H and O–H groups in total. The van der Waals surface area contributed by atoms with Crippen molar-refractivity contribution in [1.82, 2.24) is 9.38 Å². The number of ether oxygens (including phenoxy) is 3. The fourth-order valence-corrected chi connectivity index (χ4v) is 2.95. The molecule has 4 rings (SSSR count). The lowest BCUT2D eigenvalue weighted by Crippen LogP contribution is -2.15. The van der Waals surface area contributed by atoms with Crippen LogP contribution in [0.25, 0.3) is 16.9 Å². The van der Waals surface area contributed by atoms with Crippen molar-refractivity contribution >= 4 is 23.2 Å². The number of hydrogen-bond donors (Lipinski definition) is 1. The Balaban J connectivity index is 1.52. The first-order valence-electron chi connectivity index (χ1n) is 8.88. The maximum atomic E-state index is 12.0. The number of hydrogen-bond acceptors (Lipinski definition) is 6. The molecular formula is C20H19N3O5. The SMILES string of the molecule is COC(=O)CCC(=O)Nc1ccc2nc(-c3ccc4c(c3)OCCO4)cn2c1. The van der Waals surface area contributed by atoms with E-state index in [9.17, 15) is 9.59 Å². The highest BCUT2D eigenvalue weighted by Gasteiger charge is 2.14. The molecule has 0 atom stereocenters. The van der Waals surface area contributed by atoms with Gasteiger partial charge in [0.2, 0.25) is 5.91 Å². The van der Waals surface area contributed by atoms with Gasteiger partial charge in [-0.2, -0.15) is 0 Å². The minimum Gasteiger partial charge on any atom is -0.486 e. The number of anilines is 1. The minimum absolute atomic E-state index is 0.0456. The zero-order chi connectivity index (χ0) is 19.5. The molecule has 8 nitrogen and oxygen atoms in total. The van der Waals surface area contributed by atoms with E-state index in [4.69, 9.17) is 9.47 Å². The van der Waals surface area contributed by atoms with E-state index in [2.05, 4.69) is 15.0 Å². The predicted octanol–water partition coefficient (Wildman–Crippen LogP) is 2.66. The number of carbonyl (C=O) groups is 2. The fourth-order valence-electron chi connectivity index (χ4n) is 2.95. The van der Waals surface area contributed by atoms with Crippen LogP contribution < -0.4 is 14.8 Å². The van der Waals surface area contributed by atoms with Gasteiger partial charge in [-0.25, -0.2) is 4.98 Å². The van der Waals surface area contributed by atoms with Crippen LogP contribution >= 0.6 is 0 Å². The summed E-state index contributed by atoms with van der Waals surface area (Å²) in [6.07, 6.45) is 3.77. The summed E-state index contributed by atoms with van der Waals surface area (Å²) in [4.78, 5) is 27.7. The molecule has 0 bridgehead atoms. The average Bonchev–Trinajstić information content (AvgIpc) is 3.15. The molecule has 1 aliphatic heterocycles. The van der Waals surface area contributed by atoms with Gasteiger partial charge in [-0.05, 0) is 30.3 Å². The Labute approximate surface area is 161 Å². The molecule has 0 unspecified atom stereocenters. The van der Waals surface area contributed by atoms with Gasteiger partial charge in [-0.15, -0.1) is 0 Å². The summed E-state index contributed by atoms with van der Waals surface area (Å²) >= 11 is 0. The fraction of sp³-hybridized carbons (Fsp3) is 0.250. The highest BCUT2D eigenvalue weighted by Crippen LogP contribution is 2.34. The standard InChI is InChI=1S/C20H19N3O5/c1-26-20(25)7-6-19(24)21-14-3-5-18-22-15(12-23(18)11-14)13-2-4-16-17(10-13)28-9-8-27-16/h2-5,10-12H,6-9H2,1H3,(H,21,24). The Bertz CT molecular complexity index is 1040. The lowest BCUT2D eigenvalue weighted by Gasteiger charge is -2.18. The molecule has 144 valence electrons. The van der Waals surface area contributed by atoms with Gasteiger partial charge in [-0.3, -0.25) is 9.59 Å². The highest BCUT2D eigenvalue weighted by molar-refractivity contribution is 5.92. The van der Waals surface area contributed by atoms with E-state index in [1.165, 1.54) is 7.11 Å². The van der Waals surface area contributed by atoms with Gasteiger partial charge in [0, 0.05) is 24.4 Å². The zero-order valence-corrected chi connectivity index (χ0v) is 15.3. The molecule has 3 heterocycles. The third-order valence-electron chi connectivity index (χ3n) is 4.36. The number of benzene rings is 1.